The molecule has 1 N–H and O–H groups in total. The fraction of sp³-hybridized carbons (Fsp3) is 0.455. The largest absolute Gasteiger partial charge is 0.316 e. The zero-order valence-corrected chi connectivity index (χ0v) is 9.85. The van der Waals surface area contributed by atoms with Gasteiger partial charge in [-0.2, -0.15) is 0 Å². The van der Waals surface area contributed by atoms with Gasteiger partial charge in [0.2, 0.25) is 0 Å². The van der Waals surface area contributed by atoms with Gasteiger partial charge in [0.25, 0.3) is 0 Å². The first kappa shape index (κ1) is 11.5. The Bertz CT molecular complexity index is 493. The van der Waals surface area contributed by atoms with E-state index in [4.69, 9.17) is 0 Å². The lowest BCUT2D eigenvalue weighted by Gasteiger charge is -2.12. The Morgan fingerprint density at radius 3 is 2.75 bits per heavy atom. The molecule has 0 radical (unpaired) electrons. The van der Waals surface area contributed by atoms with Gasteiger partial charge in [-0.3, -0.25) is 0 Å². The Hall–Kier alpha value is -0.940. The number of hydrogen-bond donors (Lipinski definition) is 1. The van der Waals surface area contributed by atoms with Crippen molar-refractivity contribution in [2.45, 2.75) is 17.2 Å². The normalized spacial score (nSPS) is 21.2. The Balaban J connectivity index is 2.48. The standard InChI is InChI=1S/C11H14FNO2S/c1-16(14,15)10-4-2-3-9(11(10)12)8-5-6-13-7-8/h2-4,8,13H,5-7H2,1H3. The molecular weight excluding hydrogens is 229 g/mol. The van der Waals surface area contributed by atoms with Crippen molar-refractivity contribution in [2.24, 2.45) is 0 Å². The summed E-state index contributed by atoms with van der Waals surface area (Å²) in [4.78, 5) is -0.197. The average molecular weight is 243 g/mol. The number of hydrogen-bond acceptors (Lipinski definition) is 3. The fourth-order valence-corrected chi connectivity index (χ4v) is 2.82. The van der Waals surface area contributed by atoms with Gasteiger partial charge in [0.1, 0.15) is 10.7 Å². The van der Waals surface area contributed by atoms with Crippen LogP contribution in [0.5, 0.6) is 0 Å². The van der Waals surface area contributed by atoms with Crippen LogP contribution in [0.2, 0.25) is 0 Å². The van der Waals surface area contributed by atoms with Crippen molar-refractivity contribution in [3.63, 3.8) is 0 Å². The van der Waals surface area contributed by atoms with Crippen LogP contribution in [-0.4, -0.2) is 27.8 Å². The zero-order chi connectivity index (χ0) is 11.8. The number of rotatable bonds is 2. The van der Waals surface area contributed by atoms with Gasteiger partial charge in [-0.15, -0.1) is 0 Å². The van der Waals surface area contributed by atoms with E-state index in [1.54, 1.807) is 12.1 Å². The van der Waals surface area contributed by atoms with Gasteiger partial charge < -0.3 is 5.32 Å². The maximum absolute atomic E-state index is 14.0. The molecule has 1 aromatic carbocycles. The fourth-order valence-electron chi connectivity index (χ4n) is 2.05. The molecule has 1 aromatic rings. The first-order chi connectivity index (χ1) is 7.50. The van der Waals surface area contributed by atoms with E-state index < -0.39 is 15.7 Å². The molecule has 3 nitrogen and oxygen atoms in total. The molecule has 1 atom stereocenters. The summed E-state index contributed by atoms with van der Waals surface area (Å²) >= 11 is 0. The lowest BCUT2D eigenvalue weighted by atomic mass is 9.98. The van der Waals surface area contributed by atoms with E-state index in [2.05, 4.69) is 5.32 Å². The average Bonchev–Trinajstić information content (AvgIpc) is 2.69. The van der Waals surface area contributed by atoms with E-state index in [1.807, 2.05) is 0 Å². The molecular formula is C11H14FNO2S. The molecule has 5 heteroatoms. The van der Waals surface area contributed by atoms with E-state index in [9.17, 15) is 12.8 Å². The molecule has 88 valence electrons. The second kappa shape index (κ2) is 4.14. The maximum Gasteiger partial charge on any atom is 0.178 e. The van der Waals surface area contributed by atoms with E-state index in [0.717, 1.165) is 19.2 Å². The lowest BCUT2D eigenvalue weighted by Crippen LogP contribution is -2.11. The minimum absolute atomic E-state index is 0.0849. The summed E-state index contributed by atoms with van der Waals surface area (Å²) in [6.07, 6.45) is 1.88. The molecule has 0 spiro atoms. The molecule has 16 heavy (non-hydrogen) atoms. The smallest absolute Gasteiger partial charge is 0.178 e. The van der Waals surface area contributed by atoms with E-state index >= 15 is 0 Å². The molecule has 1 fully saturated rings. The molecule has 1 saturated heterocycles. The summed E-state index contributed by atoms with van der Waals surface area (Å²) in [7, 11) is -3.48. The molecule has 1 unspecified atom stereocenters. The number of sulfone groups is 1. The first-order valence-electron chi connectivity index (χ1n) is 5.19. The van der Waals surface area contributed by atoms with Crippen LogP contribution < -0.4 is 5.32 Å². The predicted molar refractivity (Wildman–Crippen MR) is 59.7 cm³/mol. The first-order valence-corrected chi connectivity index (χ1v) is 7.08. The highest BCUT2D eigenvalue weighted by Crippen LogP contribution is 2.28. The van der Waals surface area contributed by atoms with Crippen molar-refractivity contribution < 1.29 is 12.8 Å². The highest BCUT2D eigenvalue weighted by molar-refractivity contribution is 7.90. The van der Waals surface area contributed by atoms with Crippen molar-refractivity contribution >= 4 is 9.84 Å². The lowest BCUT2D eigenvalue weighted by molar-refractivity contribution is 0.548. The Kier molecular flexibility index (Phi) is 2.99. The van der Waals surface area contributed by atoms with Crippen molar-refractivity contribution in [2.75, 3.05) is 19.3 Å². The van der Waals surface area contributed by atoms with Gasteiger partial charge in [0.05, 0.1) is 0 Å². The van der Waals surface area contributed by atoms with Crippen LogP contribution >= 0.6 is 0 Å². The number of halogens is 1. The SMILES string of the molecule is CS(=O)(=O)c1cccc(C2CCNC2)c1F. The molecule has 0 aromatic heterocycles. The Morgan fingerprint density at radius 2 is 2.19 bits per heavy atom. The molecule has 0 saturated carbocycles. The molecule has 0 amide bonds. The summed E-state index contributed by atoms with van der Waals surface area (Å²) in [6, 6.07) is 4.59. The van der Waals surface area contributed by atoms with Crippen LogP contribution in [0.1, 0.15) is 17.9 Å². The van der Waals surface area contributed by atoms with Crippen molar-refractivity contribution in [3.05, 3.63) is 29.6 Å². The van der Waals surface area contributed by atoms with Gasteiger partial charge in [-0.1, -0.05) is 12.1 Å². The van der Waals surface area contributed by atoms with Crippen molar-refractivity contribution in [1.82, 2.24) is 5.32 Å². The summed E-state index contributed by atoms with van der Waals surface area (Å²) < 4.78 is 36.7. The molecule has 0 aliphatic carbocycles. The molecule has 1 aliphatic rings. The topological polar surface area (TPSA) is 46.2 Å². The monoisotopic (exact) mass is 243 g/mol. The van der Waals surface area contributed by atoms with Gasteiger partial charge in [-0.05, 0) is 24.6 Å². The summed E-state index contributed by atoms with van der Waals surface area (Å²) in [5.41, 5.74) is 0.507. The second-order valence-electron chi connectivity index (χ2n) is 4.12. The zero-order valence-electron chi connectivity index (χ0n) is 9.03. The highest BCUT2D eigenvalue weighted by atomic mass is 32.2. The Morgan fingerprint density at radius 1 is 1.44 bits per heavy atom. The summed E-state index contributed by atoms with van der Waals surface area (Å²) in [5, 5.41) is 3.14. The van der Waals surface area contributed by atoms with Crippen LogP contribution in [-0.2, 0) is 9.84 Å². The summed E-state index contributed by atoms with van der Waals surface area (Å²) in [5.74, 6) is -0.500. The Labute approximate surface area is 94.6 Å². The maximum atomic E-state index is 14.0. The minimum Gasteiger partial charge on any atom is -0.316 e. The molecule has 1 heterocycles. The second-order valence-corrected chi connectivity index (χ2v) is 6.11. The third-order valence-corrected chi connectivity index (χ3v) is 4.01. The van der Waals surface area contributed by atoms with Crippen molar-refractivity contribution in [1.29, 1.82) is 0 Å². The van der Waals surface area contributed by atoms with E-state index in [-0.39, 0.29) is 10.8 Å². The van der Waals surface area contributed by atoms with Crippen LogP contribution in [0.3, 0.4) is 0 Å². The molecule has 1 aliphatic heterocycles. The summed E-state index contributed by atoms with van der Waals surface area (Å²) in [6.45, 7) is 1.57. The highest BCUT2D eigenvalue weighted by Gasteiger charge is 2.23. The number of benzene rings is 1. The third kappa shape index (κ3) is 2.10. The van der Waals surface area contributed by atoms with Crippen LogP contribution in [0.4, 0.5) is 4.39 Å². The third-order valence-electron chi connectivity index (χ3n) is 2.89. The van der Waals surface area contributed by atoms with Gasteiger partial charge in [0.15, 0.2) is 9.84 Å². The van der Waals surface area contributed by atoms with Gasteiger partial charge in [0, 0.05) is 18.7 Å². The van der Waals surface area contributed by atoms with E-state index in [1.165, 1.54) is 6.07 Å². The molecule has 0 bridgehead atoms. The van der Waals surface area contributed by atoms with Crippen molar-refractivity contribution in [3.8, 4) is 0 Å². The predicted octanol–water partition coefficient (Wildman–Crippen LogP) is 1.31. The minimum atomic E-state index is -3.48. The van der Waals surface area contributed by atoms with E-state index in [0.29, 0.717) is 12.1 Å². The van der Waals surface area contributed by atoms with Crippen LogP contribution in [0.25, 0.3) is 0 Å². The quantitative estimate of drug-likeness (QED) is 0.851. The van der Waals surface area contributed by atoms with Gasteiger partial charge >= 0.3 is 0 Å². The van der Waals surface area contributed by atoms with Gasteiger partial charge in [-0.25, -0.2) is 12.8 Å². The van der Waals surface area contributed by atoms with Crippen LogP contribution in [0, 0.1) is 5.82 Å². The van der Waals surface area contributed by atoms with Crippen LogP contribution in [0.15, 0.2) is 23.1 Å². The molecule has 2 rings (SSSR count). The number of nitrogens with one attached hydrogen (secondary N) is 1.